The van der Waals surface area contributed by atoms with Gasteiger partial charge in [-0.05, 0) is 62.4 Å². The van der Waals surface area contributed by atoms with E-state index in [0.29, 0.717) is 18.7 Å². The van der Waals surface area contributed by atoms with Gasteiger partial charge in [-0.25, -0.2) is 8.42 Å². The summed E-state index contributed by atoms with van der Waals surface area (Å²) in [5.74, 6) is -0.497. The van der Waals surface area contributed by atoms with Crippen molar-refractivity contribution in [1.82, 2.24) is 10.2 Å². The second kappa shape index (κ2) is 13.6. The molecule has 3 aromatic carbocycles. The van der Waals surface area contributed by atoms with Crippen molar-refractivity contribution in [3.63, 3.8) is 0 Å². The van der Waals surface area contributed by atoms with Crippen LogP contribution in [0.4, 0.5) is 5.69 Å². The largest absolute Gasteiger partial charge is 0.354 e. The molecular weight excluding hydrogens is 522 g/mol. The van der Waals surface area contributed by atoms with Crippen molar-refractivity contribution in [3.05, 3.63) is 95.1 Å². The Hall–Kier alpha value is -3.65. The maximum Gasteiger partial charge on any atom is 0.264 e. The molecule has 0 radical (unpaired) electrons. The normalized spacial score (nSPS) is 12.2. The molecule has 0 aliphatic heterocycles. The molecule has 1 unspecified atom stereocenters. The average molecular weight is 564 g/mol. The van der Waals surface area contributed by atoms with E-state index in [1.807, 2.05) is 71.0 Å². The number of anilines is 1. The van der Waals surface area contributed by atoms with Gasteiger partial charge in [0.1, 0.15) is 12.6 Å². The Labute approximate surface area is 239 Å². The Bertz CT molecular complexity index is 1400. The molecule has 3 aromatic rings. The van der Waals surface area contributed by atoms with Crippen LogP contribution in [0, 0.1) is 19.8 Å². The van der Waals surface area contributed by atoms with Crippen molar-refractivity contribution < 1.29 is 18.0 Å². The Balaban J connectivity index is 2.04. The van der Waals surface area contributed by atoms with Gasteiger partial charge in [0.05, 0.1) is 10.6 Å². The summed E-state index contributed by atoms with van der Waals surface area (Å²) in [4.78, 5) is 28.7. The van der Waals surface area contributed by atoms with Gasteiger partial charge >= 0.3 is 0 Å². The van der Waals surface area contributed by atoms with Crippen molar-refractivity contribution >= 4 is 27.5 Å². The number of amides is 2. The molecular formula is C32H41N3O4S. The van der Waals surface area contributed by atoms with E-state index >= 15 is 0 Å². The number of hydrogen-bond acceptors (Lipinski definition) is 4. The van der Waals surface area contributed by atoms with Crippen LogP contribution in [0.2, 0.25) is 0 Å². The predicted molar refractivity (Wildman–Crippen MR) is 161 cm³/mol. The van der Waals surface area contributed by atoms with E-state index in [1.54, 1.807) is 43.3 Å². The van der Waals surface area contributed by atoms with Crippen LogP contribution in [0.1, 0.15) is 49.9 Å². The van der Waals surface area contributed by atoms with E-state index < -0.39 is 28.5 Å². The number of aryl methyl sites for hydroxylation is 3. The zero-order valence-corrected chi connectivity index (χ0v) is 25.2. The van der Waals surface area contributed by atoms with Crippen LogP contribution in [-0.4, -0.2) is 44.3 Å². The first-order valence-electron chi connectivity index (χ1n) is 13.7. The maximum absolute atomic E-state index is 14.1. The molecule has 0 aliphatic rings. The first-order valence-corrected chi connectivity index (χ1v) is 15.2. The lowest BCUT2D eigenvalue weighted by Crippen LogP contribution is -2.51. The topological polar surface area (TPSA) is 86.8 Å². The summed E-state index contributed by atoms with van der Waals surface area (Å²) in [6.07, 6.45) is 0.589. The second-order valence-corrected chi connectivity index (χ2v) is 12.5. The van der Waals surface area contributed by atoms with Crippen LogP contribution < -0.4 is 9.62 Å². The number of hydrogen-bond donors (Lipinski definition) is 1. The minimum Gasteiger partial charge on any atom is -0.354 e. The lowest BCUT2D eigenvalue weighted by atomic mass is 10.1. The maximum atomic E-state index is 14.1. The van der Waals surface area contributed by atoms with Gasteiger partial charge in [-0.15, -0.1) is 0 Å². The molecule has 0 aromatic heterocycles. The third-order valence-corrected chi connectivity index (χ3v) is 8.63. The van der Waals surface area contributed by atoms with E-state index in [2.05, 4.69) is 5.32 Å². The monoisotopic (exact) mass is 563 g/mol. The number of rotatable bonds is 12. The Morgan fingerprint density at radius 1 is 0.850 bits per heavy atom. The summed E-state index contributed by atoms with van der Waals surface area (Å²) in [7, 11) is -4.09. The molecule has 8 heteroatoms. The molecule has 3 rings (SSSR count). The molecule has 1 atom stereocenters. The van der Waals surface area contributed by atoms with E-state index in [9.17, 15) is 18.0 Å². The molecule has 0 spiro atoms. The summed E-state index contributed by atoms with van der Waals surface area (Å²) in [5, 5.41) is 2.91. The summed E-state index contributed by atoms with van der Waals surface area (Å²) in [6, 6.07) is 20.7. The number of nitrogens with zero attached hydrogens (tertiary/aromatic N) is 2. The van der Waals surface area contributed by atoms with E-state index in [-0.39, 0.29) is 23.3 Å². The summed E-state index contributed by atoms with van der Waals surface area (Å²) >= 11 is 0. The van der Waals surface area contributed by atoms with E-state index in [4.69, 9.17) is 0 Å². The molecule has 0 aliphatic carbocycles. The zero-order valence-electron chi connectivity index (χ0n) is 24.3. The van der Waals surface area contributed by atoms with Crippen molar-refractivity contribution in [2.45, 2.75) is 65.4 Å². The fourth-order valence-electron chi connectivity index (χ4n) is 4.33. The standard InChI is InChI=1S/C32H41N3O4S/c1-7-28-10-8-9-11-30(28)35(40(38,39)29-18-14-25(5)15-19-29)22-31(36)34(21-27-16-12-24(4)13-17-27)26(6)32(37)33-20-23(2)3/h8-19,23,26H,7,20-22H2,1-6H3,(H,33,37). The van der Waals surface area contributed by atoms with Gasteiger partial charge in [-0.3, -0.25) is 13.9 Å². The van der Waals surface area contributed by atoms with Gasteiger partial charge in [0, 0.05) is 13.1 Å². The van der Waals surface area contributed by atoms with E-state index in [1.165, 1.54) is 9.21 Å². The summed E-state index contributed by atoms with van der Waals surface area (Å²) in [6.45, 7) is 11.7. The molecule has 214 valence electrons. The summed E-state index contributed by atoms with van der Waals surface area (Å²) < 4.78 is 29.2. The highest BCUT2D eigenvalue weighted by Crippen LogP contribution is 2.28. The molecule has 0 heterocycles. The van der Waals surface area contributed by atoms with Crippen LogP contribution in [0.25, 0.3) is 0 Å². The fourth-order valence-corrected chi connectivity index (χ4v) is 5.78. The van der Waals surface area contributed by atoms with Crippen molar-refractivity contribution in [2.75, 3.05) is 17.4 Å². The zero-order chi connectivity index (χ0) is 29.4. The van der Waals surface area contributed by atoms with Gasteiger partial charge in [0.25, 0.3) is 10.0 Å². The average Bonchev–Trinajstić information content (AvgIpc) is 2.93. The molecule has 7 nitrogen and oxygen atoms in total. The highest BCUT2D eigenvalue weighted by Gasteiger charge is 2.33. The number of carbonyl (C=O) groups excluding carboxylic acids is 2. The highest BCUT2D eigenvalue weighted by molar-refractivity contribution is 7.92. The SMILES string of the molecule is CCc1ccccc1N(CC(=O)N(Cc1ccc(C)cc1)C(C)C(=O)NCC(C)C)S(=O)(=O)c1ccc(C)cc1. The Morgan fingerprint density at radius 3 is 2.00 bits per heavy atom. The fraction of sp³-hybridized carbons (Fsp3) is 0.375. The number of sulfonamides is 1. The summed E-state index contributed by atoms with van der Waals surface area (Å²) in [5.41, 5.74) is 4.12. The Morgan fingerprint density at radius 2 is 1.43 bits per heavy atom. The second-order valence-electron chi connectivity index (χ2n) is 10.6. The minimum absolute atomic E-state index is 0.101. The quantitative estimate of drug-likeness (QED) is 0.326. The number of para-hydroxylation sites is 1. The number of benzene rings is 3. The molecule has 40 heavy (non-hydrogen) atoms. The van der Waals surface area contributed by atoms with Crippen molar-refractivity contribution in [3.8, 4) is 0 Å². The third-order valence-electron chi connectivity index (χ3n) is 6.85. The molecule has 0 bridgehead atoms. The van der Waals surface area contributed by atoms with Gasteiger partial charge in [-0.1, -0.05) is 86.5 Å². The lowest BCUT2D eigenvalue weighted by molar-refractivity contribution is -0.139. The first-order chi connectivity index (χ1) is 18.9. The number of nitrogens with one attached hydrogen (secondary N) is 1. The molecule has 0 saturated carbocycles. The minimum atomic E-state index is -4.09. The molecule has 0 fully saturated rings. The van der Waals surface area contributed by atoms with E-state index in [0.717, 1.165) is 22.3 Å². The van der Waals surface area contributed by atoms with Crippen LogP contribution in [0.3, 0.4) is 0 Å². The van der Waals surface area contributed by atoms with Crippen LogP contribution >= 0.6 is 0 Å². The first kappa shape index (κ1) is 30.9. The van der Waals surface area contributed by atoms with Crippen LogP contribution in [-0.2, 0) is 32.6 Å². The smallest absolute Gasteiger partial charge is 0.264 e. The lowest BCUT2D eigenvalue weighted by Gasteiger charge is -2.32. The third kappa shape index (κ3) is 7.72. The highest BCUT2D eigenvalue weighted by atomic mass is 32.2. The number of carbonyl (C=O) groups is 2. The molecule has 0 saturated heterocycles. The molecule has 2 amide bonds. The van der Waals surface area contributed by atoms with Gasteiger partial charge in [0.15, 0.2) is 0 Å². The van der Waals surface area contributed by atoms with Crippen molar-refractivity contribution in [1.29, 1.82) is 0 Å². The van der Waals surface area contributed by atoms with Crippen LogP contribution in [0.15, 0.2) is 77.7 Å². The van der Waals surface area contributed by atoms with Gasteiger partial charge < -0.3 is 10.2 Å². The molecule has 1 N–H and O–H groups in total. The van der Waals surface area contributed by atoms with Gasteiger partial charge in [-0.2, -0.15) is 0 Å². The van der Waals surface area contributed by atoms with Crippen molar-refractivity contribution in [2.24, 2.45) is 5.92 Å². The van der Waals surface area contributed by atoms with Crippen LogP contribution in [0.5, 0.6) is 0 Å². The van der Waals surface area contributed by atoms with Gasteiger partial charge in [0.2, 0.25) is 11.8 Å². The Kier molecular flexibility index (Phi) is 10.5. The predicted octanol–water partition coefficient (Wildman–Crippen LogP) is 5.25.